The van der Waals surface area contributed by atoms with E-state index >= 15 is 0 Å². The van der Waals surface area contributed by atoms with Crippen LogP contribution in [0.15, 0.2) is 47.1 Å². The van der Waals surface area contributed by atoms with Crippen LogP contribution in [0.25, 0.3) is 0 Å². The number of rotatable bonds is 5. The third-order valence-electron chi connectivity index (χ3n) is 4.67. The number of hydrogen-bond donors (Lipinski definition) is 1. The monoisotopic (exact) mass is 385 g/mol. The van der Waals surface area contributed by atoms with E-state index in [4.69, 9.17) is 9.15 Å². The van der Waals surface area contributed by atoms with Crippen molar-refractivity contribution in [2.24, 2.45) is 0 Å². The molecule has 28 heavy (non-hydrogen) atoms. The normalized spacial score (nSPS) is 19.3. The highest BCUT2D eigenvalue weighted by atomic mass is 16.5. The molecule has 150 valence electrons. The molecule has 3 rings (SSSR count). The van der Waals surface area contributed by atoms with E-state index in [1.165, 1.54) is 0 Å². The summed E-state index contributed by atoms with van der Waals surface area (Å²) in [5, 5.41) is 2.87. The number of nitrogens with zero attached hydrogens (tertiary/aromatic N) is 2. The lowest BCUT2D eigenvalue weighted by atomic mass is 10.1. The molecule has 7 nitrogen and oxygen atoms in total. The van der Waals surface area contributed by atoms with Crippen molar-refractivity contribution in [3.8, 4) is 0 Å². The minimum absolute atomic E-state index is 0.00997. The first-order chi connectivity index (χ1) is 13.4. The second kappa shape index (κ2) is 8.93. The topological polar surface area (TPSA) is 75.0 Å². The van der Waals surface area contributed by atoms with Gasteiger partial charge in [-0.15, -0.1) is 0 Å². The average molecular weight is 385 g/mol. The molecule has 1 fully saturated rings. The van der Waals surface area contributed by atoms with Crippen molar-refractivity contribution < 1.29 is 18.7 Å². The van der Waals surface area contributed by atoms with Gasteiger partial charge in [-0.1, -0.05) is 12.1 Å². The van der Waals surface area contributed by atoms with Crippen molar-refractivity contribution in [2.45, 2.75) is 39.1 Å². The fourth-order valence-corrected chi connectivity index (χ4v) is 3.31. The lowest BCUT2D eigenvalue weighted by Crippen LogP contribution is -2.48. The summed E-state index contributed by atoms with van der Waals surface area (Å²) in [6.07, 6.45) is 1.67. The summed E-state index contributed by atoms with van der Waals surface area (Å²) in [6.45, 7) is 5.95. The number of carbonyl (C=O) groups is 2. The van der Waals surface area contributed by atoms with Gasteiger partial charge in [-0.05, 0) is 43.7 Å². The molecule has 1 aliphatic rings. The van der Waals surface area contributed by atoms with E-state index in [1.54, 1.807) is 36.4 Å². The summed E-state index contributed by atoms with van der Waals surface area (Å²) in [4.78, 5) is 28.3. The second-order valence-electron chi connectivity index (χ2n) is 7.26. The van der Waals surface area contributed by atoms with Crippen molar-refractivity contribution in [2.75, 3.05) is 20.1 Å². The zero-order valence-corrected chi connectivity index (χ0v) is 16.6. The van der Waals surface area contributed by atoms with Gasteiger partial charge in [0.2, 0.25) is 0 Å². The van der Waals surface area contributed by atoms with Crippen molar-refractivity contribution in [3.05, 3.63) is 59.5 Å². The van der Waals surface area contributed by atoms with Crippen LogP contribution in [0, 0.1) is 0 Å². The molecule has 0 radical (unpaired) electrons. The number of amides is 3. The summed E-state index contributed by atoms with van der Waals surface area (Å²) in [5.41, 5.74) is 1.58. The van der Waals surface area contributed by atoms with E-state index in [9.17, 15) is 9.59 Å². The van der Waals surface area contributed by atoms with Crippen LogP contribution in [0.3, 0.4) is 0 Å². The van der Waals surface area contributed by atoms with Crippen molar-refractivity contribution >= 4 is 11.9 Å². The van der Waals surface area contributed by atoms with Crippen LogP contribution in [0.5, 0.6) is 0 Å². The summed E-state index contributed by atoms with van der Waals surface area (Å²) in [5.74, 6) is 0.739. The number of nitrogens with one attached hydrogen (secondary N) is 1. The lowest BCUT2D eigenvalue weighted by Gasteiger charge is -2.35. The average Bonchev–Trinajstić information content (AvgIpc) is 3.18. The minimum atomic E-state index is -0.187. The van der Waals surface area contributed by atoms with Gasteiger partial charge in [-0.25, -0.2) is 4.79 Å². The fourth-order valence-electron chi connectivity index (χ4n) is 3.31. The number of morpholine rings is 1. The minimum Gasteiger partial charge on any atom is -0.467 e. The molecule has 2 heterocycles. The summed E-state index contributed by atoms with van der Waals surface area (Å²) >= 11 is 0. The SMILES string of the molecule is CC1CN(C(=O)c2ccc(CNC(=O)N(C)Cc3ccco3)cc2)CC(C)O1. The molecule has 1 aromatic carbocycles. The van der Waals surface area contributed by atoms with E-state index in [0.29, 0.717) is 31.7 Å². The maximum atomic E-state index is 12.7. The molecular weight excluding hydrogens is 358 g/mol. The van der Waals surface area contributed by atoms with Gasteiger partial charge < -0.3 is 24.3 Å². The molecule has 1 N–H and O–H groups in total. The van der Waals surface area contributed by atoms with Crippen LogP contribution in [-0.4, -0.2) is 54.1 Å². The Morgan fingerprint density at radius 2 is 1.82 bits per heavy atom. The number of hydrogen-bond acceptors (Lipinski definition) is 4. The van der Waals surface area contributed by atoms with Crippen LogP contribution in [0.4, 0.5) is 4.79 Å². The largest absolute Gasteiger partial charge is 0.467 e. The van der Waals surface area contributed by atoms with Crippen molar-refractivity contribution in [3.63, 3.8) is 0 Å². The molecule has 0 bridgehead atoms. The Kier molecular flexibility index (Phi) is 6.36. The third-order valence-corrected chi connectivity index (χ3v) is 4.67. The maximum absolute atomic E-state index is 12.7. The summed E-state index contributed by atoms with van der Waals surface area (Å²) in [7, 11) is 1.71. The van der Waals surface area contributed by atoms with Gasteiger partial charge in [0.1, 0.15) is 5.76 Å². The van der Waals surface area contributed by atoms with Crippen LogP contribution in [0.1, 0.15) is 35.5 Å². The molecule has 0 aliphatic carbocycles. The number of ether oxygens (including phenoxy) is 1. The molecule has 3 amide bonds. The van der Waals surface area contributed by atoms with Gasteiger partial charge >= 0.3 is 6.03 Å². The van der Waals surface area contributed by atoms with E-state index in [0.717, 1.165) is 11.3 Å². The van der Waals surface area contributed by atoms with E-state index in [2.05, 4.69) is 5.32 Å². The van der Waals surface area contributed by atoms with Gasteiger partial charge in [-0.2, -0.15) is 0 Å². The molecule has 0 saturated carbocycles. The van der Waals surface area contributed by atoms with Gasteiger partial charge in [0.15, 0.2) is 0 Å². The smallest absolute Gasteiger partial charge is 0.317 e. The highest BCUT2D eigenvalue weighted by Crippen LogP contribution is 2.15. The molecule has 2 unspecified atom stereocenters. The number of urea groups is 1. The molecule has 1 aliphatic heterocycles. The number of carbonyl (C=O) groups excluding carboxylic acids is 2. The Bertz CT molecular complexity index is 778. The molecular formula is C21H27N3O4. The van der Waals surface area contributed by atoms with Crippen molar-refractivity contribution in [1.82, 2.24) is 15.1 Å². The fraction of sp³-hybridized carbons (Fsp3) is 0.429. The predicted octanol–water partition coefficient (Wildman–Crippen LogP) is 2.87. The molecule has 2 aromatic rings. The van der Waals surface area contributed by atoms with Crippen molar-refractivity contribution in [1.29, 1.82) is 0 Å². The van der Waals surface area contributed by atoms with Crippen LogP contribution in [0.2, 0.25) is 0 Å². The Labute approximate surface area is 165 Å². The highest BCUT2D eigenvalue weighted by Gasteiger charge is 2.26. The lowest BCUT2D eigenvalue weighted by molar-refractivity contribution is -0.0586. The number of furan rings is 1. The zero-order valence-electron chi connectivity index (χ0n) is 16.6. The van der Waals surface area contributed by atoms with Crippen LogP contribution >= 0.6 is 0 Å². The first-order valence-corrected chi connectivity index (χ1v) is 9.47. The highest BCUT2D eigenvalue weighted by molar-refractivity contribution is 5.94. The van der Waals surface area contributed by atoms with Gasteiger partial charge in [0.05, 0.1) is 25.0 Å². The second-order valence-corrected chi connectivity index (χ2v) is 7.26. The Balaban J connectivity index is 1.51. The molecule has 0 spiro atoms. The Morgan fingerprint density at radius 1 is 1.14 bits per heavy atom. The van der Waals surface area contributed by atoms with E-state index < -0.39 is 0 Å². The maximum Gasteiger partial charge on any atom is 0.317 e. The first-order valence-electron chi connectivity index (χ1n) is 9.47. The zero-order chi connectivity index (χ0) is 20.1. The Hall–Kier alpha value is -2.80. The van der Waals surface area contributed by atoms with E-state index in [-0.39, 0.29) is 24.1 Å². The van der Waals surface area contributed by atoms with Gasteiger partial charge in [0, 0.05) is 32.2 Å². The molecule has 7 heteroatoms. The first kappa shape index (κ1) is 19.9. The summed E-state index contributed by atoms with van der Waals surface area (Å²) < 4.78 is 10.9. The molecule has 1 saturated heterocycles. The van der Waals surface area contributed by atoms with Gasteiger partial charge in [-0.3, -0.25) is 4.79 Å². The quantitative estimate of drug-likeness (QED) is 0.859. The predicted molar refractivity (Wildman–Crippen MR) is 105 cm³/mol. The van der Waals surface area contributed by atoms with Gasteiger partial charge in [0.25, 0.3) is 5.91 Å². The molecule has 2 atom stereocenters. The standard InChI is InChI=1S/C21H27N3O4/c1-15-12-24(13-16(2)28-15)20(25)18-8-6-17(7-9-18)11-22-21(26)23(3)14-19-5-4-10-27-19/h4-10,15-16H,11-14H2,1-3H3,(H,22,26). The van der Waals surface area contributed by atoms with Crippen LogP contribution < -0.4 is 5.32 Å². The summed E-state index contributed by atoms with van der Waals surface area (Å²) in [6, 6.07) is 10.8. The van der Waals surface area contributed by atoms with Crippen LogP contribution in [-0.2, 0) is 17.8 Å². The number of benzene rings is 1. The molecule has 1 aromatic heterocycles. The third kappa shape index (κ3) is 5.13. The Morgan fingerprint density at radius 3 is 2.43 bits per heavy atom. The van der Waals surface area contributed by atoms with E-state index in [1.807, 2.05) is 36.9 Å².